The van der Waals surface area contributed by atoms with Crippen LogP contribution in [0.5, 0.6) is 0 Å². The fraction of sp³-hybridized carbons (Fsp3) is 0.214. The molecule has 0 bridgehead atoms. The van der Waals surface area contributed by atoms with E-state index in [9.17, 15) is 9.59 Å². The summed E-state index contributed by atoms with van der Waals surface area (Å²) in [6.07, 6.45) is 0.863. The van der Waals surface area contributed by atoms with Crippen LogP contribution in [0.1, 0.15) is 25.8 Å². The summed E-state index contributed by atoms with van der Waals surface area (Å²) in [5.74, 6) is 1.48. The van der Waals surface area contributed by atoms with E-state index >= 15 is 0 Å². The standard InChI is InChI=1S/C28H24N4O3S/c1-17(2)13-14-31-26(34)21-9-5-6-10-22(21)32-27(31)29-30-28(32)36-16-19-15-24(33)35-23-12-11-18-7-3-4-8-20(18)25(19)23/h3-12,15,17H,13-14,16H2,1-2H3. The average Bonchev–Trinajstić information content (AvgIpc) is 3.30. The minimum atomic E-state index is -0.382. The van der Waals surface area contributed by atoms with Gasteiger partial charge in [-0.25, -0.2) is 4.79 Å². The minimum absolute atomic E-state index is 0.0548. The Kier molecular flexibility index (Phi) is 5.60. The van der Waals surface area contributed by atoms with Crippen molar-refractivity contribution in [3.05, 3.63) is 93.1 Å². The molecule has 0 fully saturated rings. The number of hydrogen-bond acceptors (Lipinski definition) is 6. The first-order chi connectivity index (χ1) is 17.5. The van der Waals surface area contributed by atoms with E-state index in [1.165, 1.54) is 11.8 Å². The highest BCUT2D eigenvalue weighted by atomic mass is 32.2. The Balaban J connectivity index is 1.49. The van der Waals surface area contributed by atoms with Crippen LogP contribution in [0.15, 0.2) is 85.9 Å². The van der Waals surface area contributed by atoms with Crippen LogP contribution in [0.3, 0.4) is 0 Å². The van der Waals surface area contributed by atoms with E-state index in [1.54, 1.807) is 10.6 Å². The quantitative estimate of drug-likeness (QED) is 0.169. The lowest BCUT2D eigenvalue weighted by molar-refractivity contribution is 0.512. The Labute approximate surface area is 210 Å². The number of benzene rings is 3. The van der Waals surface area contributed by atoms with Crippen LogP contribution >= 0.6 is 11.8 Å². The van der Waals surface area contributed by atoms with Crippen LogP contribution in [0.4, 0.5) is 0 Å². The van der Waals surface area contributed by atoms with E-state index < -0.39 is 0 Å². The highest BCUT2D eigenvalue weighted by Crippen LogP contribution is 2.32. The summed E-state index contributed by atoms with van der Waals surface area (Å²) in [7, 11) is 0. The van der Waals surface area contributed by atoms with Crippen molar-refractivity contribution in [1.29, 1.82) is 0 Å². The second kappa shape index (κ2) is 8.95. The van der Waals surface area contributed by atoms with Crippen molar-refractivity contribution in [1.82, 2.24) is 19.2 Å². The number of para-hydroxylation sites is 1. The maximum Gasteiger partial charge on any atom is 0.336 e. The molecule has 7 nitrogen and oxygen atoms in total. The molecule has 0 spiro atoms. The van der Waals surface area contributed by atoms with Gasteiger partial charge in [0.1, 0.15) is 5.58 Å². The lowest BCUT2D eigenvalue weighted by Crippen LogP contribution is -2.24. The van der Waals surface area contributed by atoms with E-state index in [-0.39, 0.29) is 11.2 Å². The molecule has 0 aliphatic heterocycles. The maximum absolute atomic E-state index is 13.3. The Bertz CT molecular complexity index is 1880. The topological polar surface area (TPSA) is 82.4 Å². The predicted octanol–water partition coefficient (Wildman–Crippen LogP) is 5.64. The van der Waals surface area contributed by atoms with Gasteiger partial charge < -0.3 is 4.42 Å². The molecule has 0 unspecified atom stereocenters. The van der Waals surface area contributed by atoms with Crippen LogP contribution in [-0.2, 0) is 12.3 Å². The fourth-order valence-corrected chi connectivity index (χ4v) is 5.61. The van der Waals surface area contributed by atoms with Gasteiger partial charge in [-0.15, -0.1) is 10.2 Å². The summed E-state index contributed by atoms with van der Waals surface area (Å²) in [4.78, 5) is 25.6. The van der Waals surface area contributed by atoms with Gasteiger partial charge in [-0.05, 0) is 46.9 Å². The van der Waals surface area contributed by atoms with Crippen molar-refractivity contribution >= 4 is 50.2 Å². The summed E-state index contributed by atoms with van der Waals surface area (Å²) in [5.41, 5.74) is 1.77. The zero-order valence-electron chi connectivity index (χ0n) is 20.0. The Hall–Kier alpha value is -3.91. The molecule has 0 amide bonds. The highest BCUT2D eigenvalue weighted by molar-refractivity contribution is 7.98. The van der Waals surface area contributed by atoms with Gasteiger partial charge in [0.15, 0.2) is 5.16 Å². The number of rotatable bonds is 6. The van der Waals surface area contributed by atoms with Gasteiger partial charge in [-0.3, -0.25) is 13.8 Å². The number of fused-ring (bicyclic) bond motifs is 6. The van der Waals surface area contributed by atoms with E-state index in [1.807, 2.05) is 65.1 Å². The van der Waals surface area contributed by atoms with Crippen LogP contribution in [0.25, 0.3) is 38.4 Å². The number of hydrogen-bond donors (Lipinski definition) is 0. The Morgan fingerprint density at radius 1 is 0.944 bits per heavy atom. The van der Waals surface area contributed by atoms with E-state index in [0.29, 0.717) is 40.1 Å². The van der Waals surface area contributed by atoms with Crippen molar-refractivity contribution in [3.8, 4) is 0 Å². The summed E-state index contributed by atoms with van der Waals surface area (Å²) < 4.78 is 9.19. The van der Waals surface area contributed by atoms with Crippen molar-refractivity contribution in [3.63, 3.8) is 0 Å². The molecule has 6 rings (SSSR count). The molecule has 0 saturated carbocycles. The van der Waals surface area contributed by atoms with Crippen LogP contribution in [0, 0.1) is 5.92 Å². The van der Waals surface area contributed by atoms with Crippen molar-refractivity contribution < 1.29 is 4.42 Å². The summed E-state index contributed by atoms with van der Waals surface area (Å²) in [6.45, 7) is 4.85. The van der Waals surface area contributed by atoms with Gasteiger partial charge in [0.25, 0.3) is 5.56 Å². The summed E-state index contributed by atoms with van der Waals surface area (Å²) in [6, 6.07) is 21.0. The predicted molar refractivity (Wildman–Crippen MR) is 144 cm³/mol. The molecule has 3 aromatic carbocycles. The first-order valence-corrected chi connectivity index (χ1v) is 12.9. The molecule has 0 saturated heterocycles. The molecule has 36 heavy (non-hydrogen) atoms. The van der Waals surface area contributed by atoms with Gasteiger partial charge in [0, 0.05) is 23.8 Å². The van der Waals surface area contributed by atoms with Gasteiger partial charge >= 0.3 is 5.63 Å². The SMILES string of the molecule is CC(C)CCn1c(=O)c2ccccc2n2c(SCc3cc(=O)oc4ccc5ccccc5c34)nnc12. The second-order valence-corrected chi connectivity index (χ2v) is 10.3. The third-order valence-corrected chi connectivity index (χ3v) is 7.46. The monoisotopic (exact) mass is 496 g/mol. The number of aromatic nitrogens is 4. The molecule has 0 radical (unpaired) electrons. The molecule has 3 heterocycles. The Morgan fingerprint density at radius 2 is 1.72 bits per heavy atom. The molecule has 0 aliphatic carbocycles. The molecular formula is C28H24N4O3S. The average molecular weight is 497 g/mol. The molecule has 0 aliphatic rings. The van der Waals surface area contributed by atoms with Crippen molar-refractivity contribution in [2.24, 2.45) is 5.92 Å². The van der Waals surface area contributed by atoms with E-state index in [0.717, 1.165) is 33.7 Å². The molecule has 0 N–H and O–H groups in total. The van der Waals surface area contributed by atoms with Gasteiger partial charge in [-0.1, -0.05) is 68.1 Å². The largest absolute Gasteiger partial charge is 0.423 e. The normalized spacial score (nSPS) is 12.0. The van der Waals surface area contributed by atoms with Crippen LogP contribution in [-0.4, -0.2) is 19.2 Å². The number of nitrogens with zero attached hydrogens (tertiary/aromatic N) is 4. The van der Waals surface area contributed by atoms with E-state index in [4.69, 9.17) is 4.42 Å². The number of aryl methyl sites for hydroxylation is 1. The maximum atomic E-state index is 13.3. The molecule has 0 atom stereocenters. The molecule has 8 heteroatoms. The van der Waals surface area contributed by atoms with Crippen LogP contribution in [0.2, 0.25) is 0 Å². The highest BCUT2D eigenvalue weighted by Gasteiger charge is 2.18. The molecule has 3 aromatic heterocycles. The third kappa shape index (κ3) is 3.78. The van der Waals surface area contributed by atoms with E-state index in [2.05, 4.69) is 24.0 Å². The second-order valence-electron chi connectivity index (χ2n) is 9.31. The van der Waals surface area contributed by atoms with Gasteiger partial charge in [-0.2, -0.15) is 0 Å². The zero-order valence-corrected chi connectivity index (χ0v) is 20.8. The summed E-state index contributed by atoms with van der Waals surface area (Å²) in [5, 5.41) is 13.2. The van der Waals surface area contributed by atoms with Crippen molar-refractivity contribution in [2.75, 3.05) is 0 Å². The molecular weight excluding hydrogens is 472 g/mol. The first kappa shape index (κ1) is 22.5. The third-order valence-electron chi connectivity index (χ3n) is 6.48. The molecule has 180 valence electrons. The zero-order chi connectivity index (χ0) is 24.8. The van der Waals surface area contributed by atoms with Crippen molar-refractivity contribution in [2.45, 2.75) is 37.7 Å². The molecule has 6 aromatic rings. The lowest BCUT2D eigenvalue weighted by Gasteiger charge is -2.12. The summed E-state index contributed by atoms with van der Waals surface area (Å²) >= 11 is 1.49. The van der Waals surface area contributed by atoms with Crippen LogP contribution < -0.4 is 11.2 Å². The number of thioether (sulfide) groups is 1. The lowest BCUT2D eigenvalue weighted by atomic mass is 10.0. The first-order valence-electron chi connectivity index (χ1n) is 12.0. The van der Waals surface area contributed by atoms with Gasteiger partial charge in [0.05, 0.1) is 10.9 Å². The fourth-order valence-electron chi connectivity index (χ4n) is 4.69. The minimum Gasteiger partial charge on any atom is -0.423 e. The van der Waals surface area contributed by atoms with Gasteiger partial charge in [0.2, 0.25) is 5.78 Å². The Morgan fingerprint density at radius 3 is 2.56 bits per heavy atom. The smallest absolute Gasteiger partial charge is 0.336 e.